The van der Waals surface area contributed by atoms with Crippen LogP contribution in [0.1, 0.15) is 40.0 Å². The van der Waals surface area contributed by atoms with Crippen LogP contribution in [0.3, 0.4) is 0 Å². The zero-order chi connectivity index (χ0) is 13.5. The number of hydrogen-bond acceptors (Lipinski definition) is 3. The van der Waals surface area contributed by atoms with Crippen molar-refractivity contribution in [3.05, 3.63) is 36.0 Å². The maximum atomic E-state index is 11.5. The van der Waals surface area contributed by atoms with Gasteiger partial charge in [-0.1, -0.05) is 31.7 Å². The highest BCUT2D eigenvalue weighted by molar-refractivity contribution is 5.97. The second-order valence-corrected chi connectivity index (χ2v) is 4.53. The van der Waals surface area contributed by atoms with Crippen LogP contribution in [-0.4, -0.2) is 17.9 Å². The van der Waals surface area contributed by atoms with Gasteiger partial charge in [0.25, 0.3) is 0 Å². The van der Waals surface area contributed by atoms with Crippen molar-refractivity contribution >= 4 is 11.9 Å². The smallest absolute Gasteiger partial charge is 0.339 e. The summed E-state index contributed by atoms with van der Waals surface area (Å²) in [5.41, 5.74) is 1.59. The van der Waals surface area contributed by atoms with Crippen LogP contribution in [0.4, 0.5) is 0 Å². The van der Waals surface area contributed by atoms with Crippen LogP contribution in [-0.2, 0) is 9.53 Å². The molecular weight excluding hydrogens is 226 g/mol. The van der Waals surface area contributed by atoms with E-state index < -0.39 is 5.97 Å². The number of hydrogen-bond donors (Lipinski definition) is 0. The fourth-order valence-electron chi connectivity index (χ4n) is 1.60. The largest absolute Gasteiger partial charge is 0.409 e. The molecule has 0 bridgehead atoms. The average Bonchev–Trinajstić information content (AvgIpc) is 2.32. The number of aliphatic imine (C=N–C) groups is 1. The Kier molecular flexibility index (Phi) is 5.56. The average molecular weight is 247 g/mol. The van der Waals surface area contributed by atoms with E-state index in [1.165, 1.54) is 5.57 Å². The third-order valence-electron chi connectivity index (χ3n) is 2.70. The Hall–Kier alpha value is -1.64. The molecule has 0 radical (unpaired) electrons. The van der Waals surface area contributed by atoms with Gasteiger partial charge >= 0.3 is 5.97 Å². The predicted molar refractivity (Wildman–Crippen MR) is 74.6 cm³/mol. The number of allylic oxidation sites excluding steroid dienone is 2. The third-order valence-corrected chi connectivity index (χ3v) is 2.70. The summed E-state index contributed by atoms with van der Waals surface area (Å²) in [6, 6.07) is 0.0921. The quantitative estimate of drug-likeness (QED) is 0.329. The number of carbonyl (C=O) groups excluding carboxylic acids is 1. The van der Waals surface area contributed by atoms with Gasteiger partial charge in [-0.3, -0.25) is 0 Å². The first-order valence-electron chi connectivity index (χ1n) is 6.32. The highest BCUT2D eigenvalue weighted by Crippen LogP contribution is 2.17. The number of esters is 1. The second kappa shape index (κ2) is 6.94. The van der Waals surface area contributed by atoms with E-state index in [1.54, 1.807) is 6.92 Å². The van der Waals surface area contributed by atoms with E-state index >= 15 is 0 Å². The Morgan fingerprint density at radius 3 is 2.89 bits per heavy atom. The standard InChI is InChI=1S/C15H21NO2/c1-5-8-14(18-15(17)11(2)3)16-13-10-7-6-9-12(13)4/h6-7,9,13H,2,5,8,10H2,1,3-4H3. The molecule has 1 aliphatic rings. The molecule has 0 amide bonds. The molecule has 0 saturated heterocycles. The molecule has 0 fully saturated rings. The molecule has 0 spiro atoms. The van der Waals surface area contributed by atoms with Gasteiger partial charge < -0.3 is 4.74 Å². The Balaban J connectivity index is 2.77. The fraction of sp³-hybridized carbons (Fsp3) is 0.467. The van der Waals surface area contributed by atoms with Gasteiger partial charge in [0.05, 0.1) is 6.04 Å². The lowest BCUT2D eigenvalue weighted by Crippen LogP contribution is -2.17. The Morgan fingerprint density at radius 1 is 1.61 bits per heavy atom. The number of rotatable bonds is 4. The molecule has 0 heterocycles. The Bertz CT molecular complexity index is 416. The van der Waals surface area contributed by atoms with Gasteiger partial charge in [0.15, 0.2) is 5.90 Å². The van der Waals surface area contributed by atoms with E-state index in [0.29, 0.717) is 17.9 Å². The molecule has 1 aliphatic carbocycles. The van der Waals surface area contributed by atoms with Crippen LogP contribution >= 0.6 is 0 Å². The molecule has 1 atom stereocenters. The maximum absolute atomic E-state index is 11.5. The first kappa shape index (κ1) is 14.4. The molecule has 0 aliphatic heterocycles. The highest BCUT2D eigenvalue weighted by Gasteiger charge is 2.14. The van der Waals surface area contributed by atoms with Crippen LogP contribution in [0.2, 0.25) is 0 Å². The third kappa shape index (κ3) is 4.32. The SMILES string of the molecule is C=C(C)C(=O)OC(CCC)=NC1CC=CC=C1C. The summed E-state index contributed by atoms with van der Waals surface area (Å²) in [7, 11) is 0. The summed E-state index contributed by atoms with van der Waals surface area (Å²) in [6.07, 6.45) is 8.58. The number of ether oxygens (including phenoxy) is 1. The molecule has 0 aromatic rings. The van der Waals surface area contributed by atoms with Crippen LogP contribution in [0.25, 0.3) is 0 Å². The van der Waals surface area contributed by atoms with Crippen molar-refractivity contribution in [2.75, 3.05) is 0 Å². The normalized spacial score (nSPS) is 19.4. The van der Waals surface area contributed by atoms with Crippen LogP contribution in [0, 0.1) is 0 Å². The van der Waals surface area contributed by atoms with Gasteiger partial charge in [0, 0.05) is 12.0 Å². The van der Waals surface area contributed by atoms with E-state index in [0.717, 1.165) is 12.8 Å². The minimum atomic E-state index is -0.393. The topological polar surface area (TPSA) is 38.7 Å². The van der Waals surface area contributed by atoms with Crippen LogP contribution in [0.5, 0.6) is 0 Å². The highest BCUT2D eigenvalue weighted by atomic mass is 16.5. The lowest BCUT2D eigenvalue weighted by atomic mass is 10.0. The van der Waals surface area contributed by atoms with Gasteiger partial charge in [-0.05, 0) is 32.3 Å². The Morgan fingerprint density at radius 2 is 2.33 bits per heavy atom. The van der Waals surface area contributed by atoms with Crippen molar-refractivity contribution in [3.8, 4) is 0 Å². The molecule has 18 heavy (non-hydrogen) atoms. The summed E-state index contributed by atoms with van der Waals surface area (Å²) in [5.74, 6) is 0.119. The van der Waals surface area contributed by atoms with Crippen molar-refractivity contribution in [2.24, 2.45) is 4.99 Å². The number of carbonyl (C=O) groups is 1. The second-order valence-electron chi connectivity index (χ2n) is 4.53. The molecule has 0 aromatic carbocycles. The predicted octanol–water partition coefficient (Wildman–Crippen LogP) is 3.58. The molecule has 0 N–H and O–H groups in total. The first-order chi connectivity index (χ1) is 8.54. The van der Waals surface area contributed by atoms with Gasteiger partial charge in [0.2, 0.25) is 0 Å². The van der Waals surface area contributed by atoms with Gasteiger partial charge in [-0.15, -0.1) is 0 Å². The van der Waals surface area contributed by atoms with E-state index in [9.17, 15) is 4.79 Å². The van der Waals surface area contributed by atoms with E-state index in [2.05, 4.69) is 17.6 Å². The monoisotopic (exact) mass is 247 g/mol. The van der Waals surface area contributed by atoms with E-state index in [4.69, 9.17) is 4.74 Å². The lowest BCUT2D eigenvalue weighted by Gasteiger charge is -2.16. The van der Waals surface area contributed by atoms with E-state index in [1.807, 2.05) is 26.0 Å². The first-order valence-corrected chi connectivity index (χ1v) is 6.32. The zero-order valence-corrected chi connectivity index (χ0v) is 11.4. The molecule has 3 nitrogen and oxygen atoms in total. The molecule has 1 unspecified atom stereocenters. The molecular formula is C15H21NO2. The molecule has 0 aromatic heterocycles. The van der Waals surface area contributed by atoms with Crippen molar-refractivity contribution < 1.29 is 9.53 Å². The lowest BCUT2D eigenvalue weighted by molar-refractivity contribution is -0.131. The number of nitrogens with zero attached hydrogens (tertiary/aromatic N) is 1. The summed E-state index contributed by atoms with van der Waals surface area (Å²) in [5, 5.41) is 0. The van der Waals surface area contributed by atoms with Crippen molar-refractivity contribution in [3.63, 3.8) is 0 Å². The molecule has 98 valence electrons. The van der Waals surface area contributed by atoms with Crippen molar-refractivity contribution in [1.29, 1.82) is 0 Å². The van der Waals surface area contributed by atoms with Crippen LogP contribution < -0.4 is 0 Å². The summed E-state index contributed by atoms with van der Waals surface area (Å²) in [4.78, 5) is 16.1. The van der Waals surface area contributed by atoms with Gasteiger partial charge in [-0.25, -0.2) is 9.79 Å². The summed E-state index contributed by atoms with van der Waals surface area (Å²) >= 11 is 0. The molecule has 1 rings (SSSR count). The zero-order valence-electron chi connectivity index (χ0n) is 11.4. The van der Waals surface area contributed by atoms with Crippen molar-refractivity contribution in [1.82, 2.24) is 0 Å². The molecule has 0 saturated carbocycles. The van der Waals surface area contributed by atoms with Gasteiger partial charge in [-0.2, -0.15) is 0 Å². The van der Waals surface area contributed by atoms with Crippen LogP contribution in [0.15, 0.2) is 40.9 Å². The Labute approximate surface area is 109 Å². The maximum Gasteiger partial charge on any atom is 0.339 e. The summed E-state index contributed by atoms with van der Waals surface area (Å²) < 4.78 is 5.26. The molecule has 3 heteroatoms. The van der Waals surface area contributed by atoms with Gasteiger partial charge in [0.1, 0.15) is 0 Å². The minimum Gasteiger partial charge on any atom is -0.409 e. The van der Waals surface area contributed by atoms with Crippen molar-refractivity contribution in [2.45, 2.75) is 46.1 Å². The summed E-state index contributed by atoms with van der Waals surface area (Å²) in [6.45, 7) is 9.30. The fourth-order valence-corrected chi connectivity index (χ4v) is 1.60. The minimum absolute atomic E-state index is 0.0921. The van der Waals surface area contributed by atoms with E-state index in [-0.39, 0.29) is 6.04 Å².